The summed E-state index contributed by atoms with van der Waals surface area (Å²) in [5.41, 5.74) is 1.16. The summed E-state index contributed by atoms with van der Waals surface area (Å²) in [6.45, 7) is 5.55. The smallest absolute Gasteiger partial charge is 0.294 e. The number of hydrogen-bond acceptors (Lipinski definition) is 6. The second kappa shape index (κ2) is 9.55. The Bertz CT molecular complexity index is 929. The number of nitrogens with zero attached hydrogens (tertiary/aromatic N) is 5. The average Bonchev–Trinajstić information content (AvgIpc) is 2.80. The van der Waals surface area contributed by atoms with Gasteiger partial charge in [0.1, 0.15) is 5.52 Å². The van der Waals surface area contributed by atoms with Crippen molar-refractivity contribution in [3.63, 3.8) is 0 Å². The molecule has 1 N–H and O–H groups in total. The van der Waals surface area contributed by atoms with E-state index >= 15 is 0 Å². The number of aryl methyl sites for hydroxylation is 1. The van der Waals surface area contributed by atoms with Crippen LogP contribution in [0.3, 0.4) is 0 Å². The number of piperidine rings is 2. The topological polar surface area (TPSA) is 83.4 Å². The predicted molar refractivity (Wildman–Crippen MR) is 118 cm³/mol. The number of rotatable bonds is 6. The highest BCUT2D eigenvalue weighted by Crippen LogP contribution is 2.21. The Labute approximate surface area is 177 Å². The van der Waals surface area contributed by atoms with Crippen molar-refractivity contribution < 1.29 is 4.79 Å². The molecule has 8 nitrogen and oxygen atoms in total. The molecular weight excluding hydrogens is 380 g/mol. The van der Waals surface area contributed by atoms with Crippen molar-refractivity contribution in [1.29, 1.82) is 0 Å². The van der Waals surface area contributed by atoms with Crippen molar-refractivity contribution in [1.82, 2.24) is 24.8 Å². The van der Waals surface area contributed by atoms with E-state index in [9.17, 15) is 9.59 Å². The molecule has 2 saturated heterocycles. The van der Waals surface area contributed by atoms with Crippen molar-refractivity contribution in [3.8, 4) is 0 Å². The highest BCUT2D eigenvalue weighted by Gasteiger charge is 2.27. The third-order valence-corrected chi connectivity index (χ3v) is 6.37. The van der Waals surface area contributed by atoms with Crippen molar-refractivity contribution >= 4 is 22.9 Å². The molecular formula is C22H32N6O2. The van der Waals surface area contributed by atoms with Crippen molar-refractivity contribution in [2.75, 3.05) is 44.2 Å². The van der Waals surface area contributed by atoms with Crippen LogP contribution in [0.25, 0.3) is 11.2 Å². The molecule has 0 aliphatic carbocycles. The first kappa shape index (κ1) is 20.8. The lowest BCUT2D eigenvalue weighted by Crippen LogP contribution is -2.43. The number of nitrogens with one attached hydrogen (secondary N) is 1. The minimum atomic E-state index is -0.137. The third-order valence-electron chi connectivity index (χ3n) is 6.37. The maximum absolute atomic E-state index is 12.7. The SMILES string of the molecule is Cn1c(=O)c(N2CCC(C(=O)NCCCN3CCCCC3)CC2)nc2cccnc21. The van der Waals surface area contributed by atoms with E-state index in [0.29, 0.717) is 30.1 Å². The van der Waals surface area contributed by atoms with Crippen LogP contribution in [0.5, 0.6) is 0 Å². The second-order valence-electron chi connectivity index (χ2n) is 8.45. The average molecular weight is 413 g/mol. The summed E-state index contributed by atoms with van der Waals surface area (Å²) in [5, 5.41) is 3.12. The Kier molecular flexibility index (Phi) is 6.62. The molecule has 0 atom stereocenters. The lowest BCUT2D eigenvalue weighted by Gasteiger charge is -2.32. The fourth-order valence-corrected chi connectivity index (χ4v) is 4.54. The van der Waals surface area contributed by atoms with E-state index in [2.05, 4.69) is 20.2 Å². The molecule has 1 amide bonds. The first-order chi connectivity index (χ1) is 14.6. The van der Waals surface area contributed by atoms with Gasteiger partial charge in [-0.1, -0.05) is 6.42 Å². The zero-order valence-electron chi connectivity index (χ0n) is 17.8. The van der Waals surface area contributed by atoms with Gasteiger partial charge in [0.2, 0.25) is 5.91 Å². The summed E-state index contributed by atoms with van der Waals surface area (Å²) in [7, 11) is 1.73. The number of aromatic nitrogens is 3. The molecule has 0 unspecified atom stereocenters. The maximum atomic E-state index is 12.7. The lowest BCUT2D eigenvalue weighted by molar-refractivity contribution is -0.125. The normalized spacial score (nSPS) is 18.6. The number of carbonyl (C=O) groups is 1. The summed E-state index contributed by atoms with van der Waals surface area (Å²) in [6, 6.07) is 3.70. The van der Waals surface area contributed by atoms with E-state index in [-0.39, 0.29) is 17.4 Å². The van der Waals surface area contributed by atoms with Crippen LogP contribution in [0.2, 0.25) is 0 Å². The summed E-state index contributed by atoms with van der Waals surface area (Å²) in [6.07, 6.45) is 8.12. The van der Waals surface area contributed by atoms with Gasteiger partial charge in [-0.25, -0.2) is 9.97 Å². The van der Waals surface area contributed by atoms with E-state index in [1.165, 1.54) is 32.4 Å². The molecule has 2 aromatic heterocycles. The van der Waals surface area contributed by atoms with E-state index in [4.69, 9.17) is 0 Å². The monoisotopic (exact) mass is 412 g/mol. The Balaban J connectivity index is 1.27. The Morgan fingerprint density at radius 2 is 1.93 bits per heavy atom. The molecule has 2 aliphatic heterocycles. The van der Waals surface area contributed by atoms with Gasteiger partial charge in [0, 0.05) is 38.8 Å². The Hall–Kier alpha value is -2.48. The zero-order valence-corrected chi connectivity index (χ0v) is 17.8. The van der Waals surface area contributed by atoms with Crippen LogP contribution in [0, 0.1) is 5.92 Å². The summed E-state index contributed by atoms with van der Waals surface area (Å²) >= 11 is 0. The molecule has 4 rings (SSSR count). The number of hydrogen-bond donors (Lipinski definition) is 1. The standard InChI is InChI=1S/C22H32N6O2/c1-26-19-18(7-5-10-23-19)25-20(22(26)30)28-15-8-17(9-16-28)21(29)24-11-6-14-27-12-3-2-4-13-27/h5,7,10,17H,2-4,6,8-9,11-16H2,1H3,(H,24,29). The Morgan fingerprint density at radius 3 is 2.70 bits per heavy atom. The van der Waals surface area contributed by atoms with Gasteiger partial charge in [0.05, 0.1) is 0 Å². The maximum Gasteiger partial charge on any atom is 0.294 e. The van der Waals surface area contributed by atoms with Crippen LogP contribution in [0.15, 0.2) is 23.1 Å². The Morgan fingerprint density at radius 1 is 1.17 bits per heavy atom. The molecule has 0 bridgehead atoms. The second-order valence-corrected chi connectivity index (χ2v) is 8.45. The third kappa shape index (κ3) is 4.64. The van der Waals surface area contributed by atoms with Crippen LogP contribution < -0.4 is 15.8 Å². The number of anilines is 1. The summed E-state index contributed by atoms with van der Waals surface area (Å²) < 4.78 is 1.55. The van der Waals surface area contributed by atoms with Gasteiger partial charge in [0.25, 0.3) is 5.56 Å². The first-order valence-electron chi connectivity index (χ1n) is 11.2. The van der Waals surface area contributed by atoms with Gasteiger partial charge < -0.3 is 15.1 Å². The van der Waals surface area contributed by atoms with Crippen LogP contribution in [0.1, 0.15) is 38.5 Å². The van der Waals surface area contributed by atoms with Crippen LogP contribution in [-0.4, -0.2) is 64.6 Å². The lowest BCUT2D eigenvalue weighted by atomic mass is 9.96. The fourth-order valence-electron chi connectivity index (χ4n) is 4.54. The van der Waals surface area contributed by atoms with Gasteiger partial charge in [-0.05, 0) is 63.9 Å². The van der Waals surface area contributed by atoms with Crippen LogP contribution in [0.4, 0.5) is 5.82 Å². The number of amides is 1. The quantitative estimate of drug-likeness (QED) is 0.725. The minimum absolute atomic E-state index is 0.0159. The highest BCUT2D eigenvalue weighted by atomic mass is 16.2. The molecule has 0 spiro atoms. The molecule has 0 saturated carbocycles. The van der Waals surface area contributed by atoms with Crippen LogP contribution in [-0.2, 0) is 11.8 Å². The molecule has 2 aromatic rings. The summed E-state index contributed by atoms with van der Waals surface area (Å²) in [5.74, 6) is 0.623. The zero-order chi connectivity index (χ0) is 20.9. The van der Waals surface area contributed by atoms with E-state index in [1.54, 1.807) is 17.8 Å². The van der Waals surface area contributed by atoms with Crippen molar-refractivity contribution in [3.05, 3.63) is 28.7 Å². The number of fused-ring (bicyclic) bond motifs is 1. The van der Waals surface area contributed by atoms with Crippen molar-refractivity contribution in [2.24, 2.45) is 13.0 Å². The van der Waals surface area contributed by atoms with E-state index < -0.39 is 0 Å². The number of carbonyl (C=O) groups excluding carboxylic acids is 1. The molecule has 8 heteroatoms. The molecule has 4 heterocycles. The molecule has 30 heavy (non-hydrogen) atoms. The highest BCUT2D eigenvalue weighted by molar-refractivity contribution is 5.79. The van der Waals surface area contributed by atoms with Crippen LogP contribution >= 0.6 is 0 Å². The molecule has 0 radical (unpaired) electrons. The molecule has 2 fully saturated rings. The largest absolute Gasteiger partial charge is 0.356 e. The molecule has 2 aliphatic rings. The van der Waals surface area contributed by atoms with Gasteiger partial charge in [-0.15, -0.1) is 0 Å². The first-order valence-corrected chi connectivity index (χ1v) is 11.2. The fraction of sp³-hybridized carbons (Fsp3) is 0.636. The van der Waals surface area contributed by atoms with Gasteiger partial charge in [0.15, 0.2) is 11.5 Å². The molecule has 162 valence electrons. The van der Waals surface area contributed by atoms with E-state index in [1.807, 2.05) is 17.0 Å². The summed E-state index contributed by atoms with van der Waals surface area (Å²) in [4.78, 5) is 38.6. The number of likely N-dealkylation sites (tertiary alicyclic amines) is 1. The van der Waals surface area contributed by atoms with Gasteiger partial charge in [-0.3, -0.25) is 14.2 Å². The van der Waals surface area contributed by atoms with E-state index in [0.717, 1.165) is 32.4 Å². The number of pyridine rings is 1. The van der Waals surface area contributed by atoms with Gasteiger partial charge >= 0.3 is 0 Å². The predicted octanol–water partition coefficient (Wildman–Crippen LogP) is 1.54. The molecule has 0 aromatic carbocycles. The van der Waals surface area contributed by atoms with Gasteiger partial charge in [-0.2, -0.15) is 0 Å². The van der Waals surface area contributed by atoms with Crippen molar-refractivity contribution in [2.45, 2.75) is 38.5 Å². The minimum Gasteiger partial charge on any atom is -0.356 e.